The Morgan fingerprint density at radius 2 is 1.52 bits per heavy atom. The molecule has 110 valence electrons. The van der Waals surface area contributed by atoms with Crippen molar-refractivity contribution in [2.75, 3.05) is 13.1 Å². The van der Waals surface area contributed by atoms with Crippen LogP contribution in [0.15, 0.2) is 34.3 Å². The molecule has 0 spiro atoms. The predicted octanol–water partition coefficient (Wildman–Crippen LogP) is 2.83. The molecule has 1 heterocycles. The molecule has 0 bridgehead atoms. The van der Waals surface area contributed by atoms with Gasteiger partial charge in [0.2, 0.25) is 0 Å². The lowest BCUT2D eigenvalue weighted by molar-refractivity contribution is -0.133. The van der Waals surface area contributed by atoms with Gasteiger partial charge in [0.25, 0.3) is 11.8 Å². The average Bonchev–Trinajstić information content (AvgIpc) is 2.46. The molecule has 4 nitrogen and oxygen atoms in total. The highest BCUT2D eigenvalue weighted by Gasteiger charge is 2.37. The fourth-order valence-corrected chi connectivity index (χ4v) is 2.80. The molecule has 2 amide bonds. The van der Waals surface area contributed by atoms with Crippen LogP contribution in [0.3, 0.4) is 0 Å². The zero-order valence-corrected chi connectivity index (χ0v) is 14.2. The van der Waals surface area contributed by atoms with Crippen molar-refractivity contribution in [3.05, 3.63) is 39.9 Å². The smallest absolute Gasteiger partial charge is 0.265 e. The summed E-state index contributed by atoms with van der Waals surface area (Å²) in [5, 5.41) is 0.281. The molecule has 1 aromatic rings. The van der Waals surface area contributed by atoms with Gasteiger partial charge in [0.1, 0.15) is 5.57 Å². The van der Waals surface area contributed by atoms with Crippen molar-refractivity contribution in [3.63, 3.8) is 0 Å². The second-order valence-corrected chi connectivity index (χ2v) is 5.77. The van der Waals surface area contributed by atoms with Crippen LogP contribution in [0.2, 0.25) is 0 Å². The zero-order chi connectivity index (χ0) is 15.6. The van der Waals surface area contributed by atoms with Crippen molar-refractivity contribution in [2.24, 2.45) is 0 Å². The molecule has 1 aliphatic rings. The van der Waals surface area contributed by atoms with E-state index in [9.17, 15) is 9.59 Å². The molecule has 21 heavy (non-hydrogen) atoms. The van der Waals surface area contributed by atoms with Crippen molar-refractivity contribution in [3.8, 4) is 0 Å². The van der Waals surface area contributed by atoms with Crippen LogP contribution in [-0.2, 0) is 9.59 Å². The van der Waals surface area contributed by atoms with Crippen molar-refractivity contribution in [2.45, 2.75) is 13.8 Å². The Balaban J connectivity index is 2.44. The Kier molecular flexibility index (Phi) is 4.90. The molecule has 6 heteroatoms. The van der Waals surface area contributed by atoms with Crippen LogP contribution >= 0.6 is 28.1 Å². The zero-order valence-electron chi connectivity index (χ0n) is 11.8. The summed E-state index contributed by atoms with van der Waals surface area (Å²) in [4.78, 5) is 27.7. The van der Waals surface area contributed by atoms with Gasteiger partial charge in [-0.3, -0.25) is 19.4 Å². The minimum absolute atomic E-state index is 0.148. The second kappa shape index (κ2) is 6.49. The topological polar surface area (TPSA) is 40.6 Å². The maximum Gasteiger partial charge on any atom is 0.265 e. The summed E-state index contributed by atoms with van der Waals surface area (Å²) in [5.74, 6) is -0.666. The lowest BCUT2D eigenvalue weighted by Gasteiger charge is -2.35. The second-order valence-electron chi connectivity index (χ2n) is 4.49. The molecular formula is C15H15BrN2O2S. The van der Waals surface area contributed by atoms with Gasteiger partial charge in [0.15, 0.2) is 5.11 Å². The highest BCUT2D eigenvalue weighted by molar-refractivity contribution is 9.10. The standard InChI is InChI=1S/C15H15BrN2O2S/c1-3-17-13(19)12(14(20)18(4-2)15(17)21)9-10-5-7-11(16)8-6-10/h5-9H,3-4H2,1-2H3. The minimum atomic E-state index is -0.333. The van der Waals surface area contributed by atoms with E-state index in [-0.39, 0.29) is 22.5 Å². The number of hydrogen-bond donors (Lipinski definition) is 0. The van der Waals surface area contributed by atoms with Gasteiger partial charge in [-0.1, -0.05) is 28.1 Å². The van der Waals surface area contributed by atoms with E-state index in [2.05, 4.69) is 15.9 Å². The third-order valence-corrected chi connectivity index (χ3v) is 4.20. The molecule has 0 aromatic heterocycles. The quantitative estimate of drug-likeness (QED) is 0.469. The number of thiocarbonyl (C=S) groups is 1. The first kappa shape index (κ1) is 15.9. The summed E-state index contributed by atoms with van der Waals surface area (Å²) in [6, 6.07) is 7.42. The third kappa shape index (κ3) is 3.06. The van der Waals surface area contributed by atoms with Gasteiger partial charge < -0.3 is 0 Å². The van der Waals surface area contributed by atoms with Gasteiger partial charge in [0, 0.05) is 17.6 Å². The van der Waals surface area contributed by atoms with Gasteiger partial charge in [-0.05, 0) is 49.8 Å². The summed E-state index contributed by atoms with van der Waals surface area (Å²) in [6.07, 6.45) is 1.62. The number of halogens is 1. The number of benzene rings is 1. The van der Waals surface area contributed by atoms with E-state index in [0.29, 0.717) is 13.1 Å². The normalized spacial score (nSPS) is 15.8. The Morgan fingerprint density at radius 3 is 1.95 bits per heavy atom. The van der Waals surface area contributed by atoms with Crippen LogP contribution in [0.1, 0.15) is 19.4 Å². The molecule has 0 unspecified atom stereocenters. The predicted molar refractivity (Wildman–Crippen MR) is 89.5 cm³/mol. The molecule has 1 fully saturated rings. The van der Waals surface area contributed by atoms with Crippen molar-refractivity contribution in [1.29, 1.82) is 0 Å². The Hall–Kier alpha value is -1.53. The molecule has 1 aromatic carbocycles. The number of rotatable bonds is 3. The van der Waals surface area contributed by atoms with Gasteiger partial charge in [-0.15, -0.1) is 0 Å². The monoisotopic (exact) mass is 366 g/mol. The SMILES string of the molecule is CCN1C(=O)C(=Cc2ccc(Br)cc2)C(=O)N(CC)C1=S. The summed E-state index contributed by atoms with van der Waals surface area (Å²) in [5.41, 5.74) is 0.949. The number of amides is 2. The van der Waals surface area contributed by atoms with Crippen LogP contribution in [0.4, 0.5) is 0 Å². The third-order valence-electron chi connectivity index (χ3n) is 3.23. The molecule has 0 radical (unpaired) electrons. The van der Waals surface area contributed by atoms with Crippen LogP contribution in [0.25, 0.3) is 6.08 Å². The summed E-state index contributed by atoms with van der Waals surface area (Å²) >= 11 is 8.57. The van der Waals surface area contributed by atoms with E-state index in [0.717, 1.165) is 10.0 Å². The van der Waals surface area contributed by atoms with Gasteiger partial charge >= 0.3 is 0 Å². The van der Waals surface area contributed by atoms with E-state index in [1.165, 1.54) is 9.80 Å². The molecule has 0 N–H and O–H groups in total. The van der Waals surface area contributed by atoms with Gasteiger partial charge in [-0.25, -0.2) is 0 Å². The van der Waals surface area contributed by atoms with E-state index in [1.54, 1.807) is 6.08 Å². The van der Waals surface area contributed by atoms with Gasteiger partial charge in [0.05, 0.1) is 0 Å². The number of carbonyl (C=O) groups excluding carboxylic acids is 2. The summed E-state index contributed by atoms with van der Waals surface area (Å²) in [6.45, 7) is 4.56. The highest BCUT2D eigenvalue weighted by atomic mass is 79.9. The first-order valence-corrected chi connectivity index (χ1v) is 7.84. The Labute approximate surface area is 137 Å². The molecule has 0 atom stereocenters. The van der Waals surface area contributed by atoms with Crippen molar-refractivity contribution >= 4 is 51.2 Å². The van der Waals surface area contributed by atoms with Crippen molar-refractivity contribution in [1.82, 2.24) is 9.80 Å². The van der Waals surface area contributed by atoms with Crippen LogP contribution in [0, 0.1) is 0 Å². The lowest BCUT2D eigenvalue weighted by atomic mass is 10.1. The van der Waals surface area contributed by atoms with Crippen molar-refractivity contribution < 1.29 is 9.59 Å². The Morgan fingerprint density at radius 1 is 1.05 bits per heavy atom. The number of carbonyl (C=O) groups is 2. The maximum absolute atomic E-state index is 12.4. The molecule has 2 rings (SSSR count). The number of likely N-dealkylation sites (N-methyl/N-ethyl adjacent to an activating group) is 2. The van der Waals surface area contributed by atoms with Crippen LogP contribution in [-0.4, -0.2) is 39.8 Å². The van der Waals surface area contributed by atoms with Gasteiger partial charge in [-0.2, -0.15) is 0 Å². The highest BCUT2D eigenvalue weighted by Crippen LogP contribution is 2.21. The molecule has 1 aliphatic heterocycles. The lowest BCUT2D eigenvalue weighted by Crippen LogP contribution is -2.55. The fraction of sp³-hybridized carbons (Fsp3) is 0.267. The minimum Gasteiger partial charge on any atom is -0.285 e. The first-order chi connectivity index (χ1) is 9.99. The van der Waals surface area contributed by atoms with E-state index in [4.69, 9.17) is 12.2 Å². The Bertz CT molecular complexity index is 597. The fourth-order valence-electron chi connectivity index (χ4n) is 2.11. The number of hydrogen-bond acceptors (Lipinski definition) is 3. The van der Waals surface area contributed by atoms with E-state index < -0.39 is 0 Å². The molecule has 0 aliphatic carbocycles. The molecule has 0 saturated carbocycles. The summed E-state index contributed by atoms with van der Waals surface area (Å²) < 4.78 is 0.942. The molecular weight excluding hydrogens is 352 g/mol. The number of nitrogens with zero attached hydrogens (tertiary/aromatic N) is 2. The van der Waals surface area contributed by atoms with Crippen LogP contribution < -0.4 is 0 Å². The van der Waals surface area contributed by atoms with E-state index >= 15 is 0 Å². The molecule has 1 saturated heterocycles. The summed E-state index contributed by atoms with van der Waals surface area (Å²) in [7, 11) is 0. The van der Waals surface area contributed by atoms with E-state index in [1.807, 2.05) is 38.1 Å². The largest absolute Gasteiger partial charge is 0.285 e. The average molecular weight is 367 g/mol. The first-order valence-electron chi connectivity index (χ1n) is 6.64. The van der Waals surface area contributed by atoms with Crippen LogP contribution in [0.5, 0.6) is 0 Å². The maximum atomic E-state index is 12.4.